The van der Waals surface area contributed by atoms with Gasteiger partial charge in [0.2, 0.25) is 5.82 Å². The van der Waals surface area contributed by atoms with Gasteiger partial charge in [-0.05, 0) is 12.1 Å². The van der Waals surface area contributed by atoms with Crippen molar-refractivity contribution in [1.29, 1.82) is 0 Å². The maximum Gasteiger partial charge on any atom is 0.289 e. The first-order chi connectivity index (χ1) is 11.6. The summed E-state index contributed by atoms with van der Waals surface area (Å²) in [7, 11) is 1.83. The number of hydrogen-bond donors (Lipinski definition) is 1. The number of benzene rings is 1. The van der Waals surface area contributed by atoms with E-state index in [-0.39, 0.29) is 17.2 Å². The summed E-state index contributed by atoms with van der Waals surface area (Å²) in [6.45, 7) is 1.56. The molecule has 0 atom stereocenters. The molecular formula is C15H14FN7O. The molecule has 1 aliphatic heterocycles. The smallest absolute Gasteiger partial charge is 0.289 e. The summed E-state index contributed by atoms with van der Waals surface area (Å²) in [4.78, 5) is 21.9. The molecule has 2 aromatic heterocycles. The number of nitrogens with zero attached hydrogens (tertiary/aromatic N) is 6. The van der Waals surface area contributed by atoms with Crippen LogP contribution in [0.15, 0.2) is 24.5 Å². The fourth-order valence-electron chi connectivity index (χ4n) is 2.84. The van der Waals surface area contributed by atoms with Crippen molar-refractivity contribution in [3.05, 3.63) is 42.0 Å². The lowest BCUT2D eigenvalue weighted by Gasteiger charge is -2.21. The zero-order valence-corrected chi connectivity index (χ0v) is 12.9. The van der Waals surface area contributed by atoms with E-state index < -0.39 is 0 Å². The second-order valence-corrected chi connectivity index (χ2v) is 5.54. The van der Waals surface area contributed by atoms with Crippen LogP contribution in [0.1, 0.15) is 16.4 Å². The first kappa shape index (κ1) is 14.5. The third-order valence-corrected chi connectivity index (χ3v) is 3.99. The molecule has 0 unspecified atom stereocenters. The topological polar surface area (TPSA) is 88.8 Å². The molecule has 9 heteroatoms. The molecule has 3 aromatic rings. The molecule has 0 spiro atoms. The van der Waals surface area contributed by atoms with Gasteiger partial charge in [0.15, 0.2) is 5.82 Å². The highest BCUT2D eigenvalue weighted by Gasteiger charge is 2.23. The molecule has 1 N–H and O–H groups in total. The Bertz CT molecular complexity index is 939. The minimum Gasteiger partial charge on any atom is -0.352 e. The first-order valence-electron chi connectivity index (χ1n) is 7.46. The summed E-state index contributed by atoms with van der Waals surface area (Å²) in [5.41, 5.74) is 0.275. The van der Waals surface area contributed by atoms with Crippen LogP contribution in [0.2, 0.25) is 0 Å². The zero-order valence-electron chi connectivity index (χ0n) is 12.9. The fraction of sp³-hybridized carbons (Fsp3) is 0.267. The summed E-state index contributed by atoms with van der Waals surface area (Å²) < 4.78 is 15.7. The number of amides is 1. The Kier molecular flexibility index (Phi) is 3.33. The second-order valence-electron chi connectivity index (χ2n) is 5.54. The van der Waals surface area contributed by atoms with Gasteiger partial charge in [-0.25, -0.2) is 14.4 Å². The zero-order chi connectivity index (χ0) is 16.7. The minimum atomic E-state index is -0.388. The maximum atomic E-state index is 13.9. The highest BCUT2D eigenvalue weighted by Crippen LogP contribution is 2.24. The number of aromatic nitrogens is 5. The van der Waals surface area contributed by atoms with Crippen molar-refractivity contribution >= 4 is 22.6 Å². The Morgan fingerprint density at radius 3 is 3.08 bits per heavy atom. The van der Waals surface area contributed by atoms with E-state index in [9.17, 15) is 9.18 Å². The second kappa shape index (κ2) is 5.52. The van der Waals surface area contributed by atoms with Gasteiger partial charge in [0.05, 0.1) is 6.54 Å². The number of para-hydroxylation sites is 1. The highest BCUT2D eigenvalue weighted by molar-refractivity contribution is 5.91. The largest absolute Gasteiger partial charge is 0.352 e. The number of carbonyl (C=O) groups excluding carboxylic acids is 1. The van der Waals surface area contributed by atoms with Crippen molar-refractivity contribution < 1.29 is 9.18 Å². The normalized spacial score (nSPS) is 13.7. The number of fused-ring (bicyclic) bond motifs is 2. The molecule has 8 nitrogen and oxygen atoms in total. The van der Waals surface area contributed by atoms with Gasteiger partial charge in [-0.1, -0.05) is 6.07 Å². The van der Waals surface area contributed by atoms with Gasteiger partial charge in [-0.3, -0.25) is 4.79 Å². The lowest BCUT2D eigenvalue weighted by Crippen LogP contribution is -2.36. The van der Waals surface area contributed by atoms with Crippen LogP contribution in [0, 0.1) is 5.82 Å². The Balaban J connectivity index is 1.70. The lowest BCUT2D eigenvalue weighted by atomic mass is 10.2. The van der Waals surface area contributed by atoms with Gasteiger partial charge in [-0.15, -0.1) is 10.2 Å². The summed E-state index contributed by atoms with van der Waals surface area (Å²) in [5.74, 6) is 0.948. The molecule has 3 heterocycles. The van der Waals surface area contributed by atoms with Crippen molar-refractivity contribution in [2.24, 2.45) is 0 Å². The van der Waals surface area contributed by atoms with Gasteiger partial charge >= 0.3 is 0 Å². The lowest BCUT2D eigenvalue weighted by molar-refractivity contribution is 0.0921. The molecule has 0 radical (unpaired) electrons. The molecule has 1 aliphatic rings. The number of rotatable bonds is 3. The average Bonchev–Trinajstić information content (AvgIpc) is 2.99. The molecule has 0 bridgehead atoms. The summed E-state index contributed by atoms with van der Waals surface area (Å²) >= 11 is 0. The van der Waals surface area contributed by atoms with Crippen molar-refractivity contribution in [1.82, 2.24) is 30.0 Å². The number of hydrogen-bond acceptors (Lipinski definition) is 6. The number of nitrogens with one attached hydrogen (secondary N) is 1. The number of anilines is 1. The molecular weight excluding hydrogens is 313 g/mol. The molecule has 0 saturated carbocycles. The summed E-state index contributed by atoms with van der Waals surface area (Å²) in [5, 5.41) is 11.4. The predicted octanol–water partition coefficient (Wildman–Crippen LogP) is 0.740. The van der Waals surface area contributed by atoms with Crippen molar-refractivity contribution in [3.63, 3.8) is 0 Å². The van der Waals surface area contributed by atoms with Crippen molar-refractivity contribution in [3.8, 4) is 0 Å². The predicted molar refractivity (Wildman–Crippen MR) is 84.0 cm³/mol. The van der Waals surface area contributed by atoms with Gasteiger partial charge < -0.3 is 14.8 Å². The van der Waals surface area contributed by atoms with E-state index in [2.05, 4.69) is 25.5 Å². The van der Waals surface area contributed by atoms with Crippen molar-refractivity contribution in [2.45, 2.75) is 13.1 Å². The third-order valence-electron chi connectivity index (χ3n) is 3.99. The third kappa shape index (κ3) is 2.25. The Morgan fingerprint density at radius 2 is 2.21 bits per heavy atom. The van der Waals surface area contributed by atoms with Gasteiger partial charge in [0.25, 0.3) is 5.91 Å². The quantitative estimate of drug-likeness (QED) is 0.763. The van der Waals surface area contributed by atoms with E-state index in [0.29, 0.717) is 42.5 Å². The SMILES string of the molecule is CN(Cc1nnc2n1CCNC2=O)c1ncnc2c(F)cccc12. The van der Waals surface area contributed by atoms with E-state index in [1.165, 1.54) is 12.4 Å². The minimum absolute atomic E-state index is 0.225. The van der Waals surface area contributed by atoms with Crippen LogP contribution >= 0.6 is 0 Å². The number of carbonyl (C=O) groups is 1. The maximum absolute atomic E-state index is 13.9. The van der Waals surface area contributed by atoms with Crippen LogP contribution < -0.4 is 10.2 Å². The first-order valence-corrected chi connectivity index (χ1v) is 7.46. The van der Waals surface area contributed by atoms with Crippen LogP contribution in [-0.4, -0.2) is 44.2 Å². The Hall–Kier alpha value is -3.10. The molecule has 1 amide bonds. The van der Waals surface area contributed by atoms with Crippen LogP contribution in [0.3, 0.4) is 0 Å². The molecule has 1 aromatic carbocycles. The summed E-state index contributed by atoms with van der Waals surface area (Å²) in [6.07, 6.45) is 1.34. The van der Waals surface area contributed by atoms with Crippen LogP contribution in [0.25, 0.3) is 10.9 Å². The van der Waals surface area contributed by atoms with Crippen LogP contribution in [-0.2, 0) is 13.1 Å². The van der Waals surface area contributed by atoms with Crippen LogP contribution in [0.5, 0.6) is 0 Å². The standard InChI is InChI=1S/C15H14FN7O/c1-22(7-11-20-21-14-15(24)17-5-6-23(11)14)13-9-3-2-4-10(16)12(9)18-8-19-13/h2-4,8H,5-7H2,1H3,(H,17,24). The number of halogens is 1. The highest BCUT2D eigenvalue weighted by atomic mass is 19.1. The van der Waals surface area contributed by atoms with E-state index in [1.807, 2.05) is 11.9 Å². The van der Waals surface area contributed by atoms with E-state index in [1.54, 1.807) is 16.7 Å². The monoisotopic (exact) mass is 327 g/mol. The fourth-order valence-corrected chi connectivity index (χ4v) is 2.84. The van der Waals surface area contributed by atoms with Crippen LogP contribution in [0.4, 0.5) is 10.2 Å². The van der Waals surface area contributed by atoms with E-state index in [4.69, 9.17) is 0 Å². The van der Waals surface area contributed by atoms with Crippen molar-refractivity contribution in [2.75, 3.05) is 18.5 Å². The molecule has 122 valence electrons. The Morgan fingerprint density at radius 1 is 1.33 bits per heavy atom. The molecule has 4 rings (SSSR count). The van der Waals surface area contributed by atoms with E-state index >= 15 is 0 Å². The average molecular weight is 327 g/mol. The molecule has 0 aliphatic carbocycles. The van der Waals surface area contributed by atoms with Gasteiger partial charge in [-0.2, -0.15) is 0 Å². The summed E-state index contributed by atoms with van der Waals surface area (Å²) in [6, 6.07) is 4.77. The molecule has 0 fully saturated rings. The molecule has 0 saturated heterocycles. The Labute approximate surface area is 136 Å². The molecule has 24 heavy (non-hydrogen) atoms. The van der Waals surface area contributed by atoms with Gasteiger partial charge in [0, 0.05) is 25.5 Å². The van der Waals surface area contributed by atoms with Gasteiger partial charge in [0.1, 0.15) is 23.5 Å². The van der Waals surface area contributed by atoms with E-state index in [0.717, 1.165) is 0 Å².